The van der Waals surface area contributed by atoms with Crippen LogP contribution in [0.4, 0.5) is 5.69 Å². The summed E-state index contributed by atoms with van der Waals surface area (Å²) in [4.78, 5) is 11.8. The van der Waals surface area contributed by atoms with Gasteiger partial charge in [0.1, 0.15) is 0 Å². The van der Waals surface area contributed by atoms with Gasteiger partial charge in [0.05, 0.1) is 5.92 Å². The van der Waals surface area contributed by atoms with E-state index in [1.54, 1.807) is 0 Å². The number of benzene rings is 1. The minimum atomic E-state index is -0.0440. The molecule has 0 saturated heterocycles. The second-order valence-electron chi connectivity index (χ2n) is 4.43. The van der Waals surface area contributed by atoms with Crippen LogP contribution >= 0.6 is 11.6 Å². The molecule has 1 aliphatic rings. The van der Waals surface area contributed by atoms with Gasteiger partial charge in [0.15, 0.2) is 0 Å². The van der Waals surface area contributed by atoms with Crippen LogP contribution in [0.2, 0.25) is 5.02 Å². The number of nitrogens with two attached hydrogens (primary N) is 1. The number of amides is 1. The van der Waals surface area contributed by atoms with E-state index in [9.17, 15) is 4.79 Å². The van der Waals surface area contributed by atoms with Crippen LogP contribution < -0.4 is 11.1 Å². The van der Waals surface area contributed by atoms with Crippen LogP contribution in [-0.2, 0) is 11.2 Å². The molecular weight excluding hydrogens is 236 g/mol. The van der Waals surface area contributed by atoms with Gasteiger partial charge in [0, 0.05) is 10.7 Å². The fourth-order valence-electron chi connectivity index (χ4n) is 2.43. The van der Waals surface area contributed by atoms with Crippen LogP contribution in [0.25, 0.3) is 0 Å². The van der Waals surface area contributed by atoms with Gasteiger partial charge in [0.2, 0.25) is 5.91 Å². The lowest BCUT2D eigenvalue weighted by Gasteiger charge is -2.12. The second-order valence-corrected chi connectivity index (χ2v) is 4.81. The molecule has 1 aromatic carbocycles. The smallest absolute Gasteiger partial charge is 0.232 e. The Morgan fingerprint density at radius 3 is 2.82 bits per heavy atom. The zero-order chi connectivity index (χ0) is 12.6. The Bertz CT molecular complexity index is 471. The van der Waals surface area contributed by atoms with Crippen molar-refractivity contribution in [3.8, 4) is 0 Å². The monoisotopic (exact) mass is 252 g/mol. The first-order chi connectivity index (χ1) is 8.10. The number of hydrogen-bond acceptors (Lipinski definition) is 2. The molecule has 3 N–H and O–H groups in total. The topological polar surface area (TPSA) is 55.1 Å². The van der Waals surface area contributed by atoms with Gasteiger partial charge in [-0.25, -0.2) is 0 Å². The maximum Gasteiger partial charge on any atom is 0.232 e. The van der Waals surface area contributed by atoms with Gasteiger partial charge in [-0.3, -0.25) is 4.79 Å². The van der Waals surface area contributed by atoms with Crippen LogP contribution in [0.1, 0.15) is 36.0 Å². The highest BCUT2D eigenvalue weighted by Crippen LogP contribution is 2.41. The Labute approximate surface area is 106 Å². The van der Waals surface area contributed by atoms with Crippen LogP contribution in [0, 0.1) is 6.92 Å². The van der Waals surface area contributed by atoms with Gasteiger partial charge in [-0.15, -0.1) is 0 Å². The van der Waals surface area contributed by atoms with E-state index in [0.717, 1.165) is 40.2 Å². The average Bonchev–Trinajstić information content (AvgIpc) is 2.62. The van der Waals surface area contributed by atoms with Crippen molar-refractivity contribution >= 4 is 23.2 Å². The number of fused-ring (bicyclic) bond motifs is 1. The SMILES string of the molecule is CCC1C(=O)Nc2c1cc(CCN)c(Cl)c2C. The van der Waals surface area contributed by atoms with Gasteiger partial charge >= 0.3 is 0 Å². The molecule has 0 aromatic heterocycles. The first kappa shape index (κ1) is 12.4. The molecule has 1 aromatic rings. The lowest BCUT2D eigenvalue weighted by Crippen LogP contribution is -2.10. The van der Waals surface area contributed by atoms with Crippen molar-refractivity contribution in [2.75, 3.05) is 11.9 Å². The summed E-state index contributed by atoms with van der Waals surface area (Å²) in [5, 5.41) is 3.65. The maximum absolute atomic E-state index is 11.8. The molecule has 0 aliphatic carbocycles. The van der Waals surface area contributed by atoms with Crippen LogP contribution in [-0.4, -0.2) is 12.5 Å². The van der Waals surface area contributed by atoms with Crippen molar-refractivity contribution in [1.82, 2.24) is 0 Å². The third-order valence-electron chi connectivity index (χ3n) is 3.37. The van der Waals surface area contributed by atoms with E-state index in [2.05, 4.69) is 5.32 Å². The van der Waals surface area contributed by atoms with Crippen LogP contribution in [0.5, 0.6) is 0 Å². The predicted molar refractivity (Wildman–Crippen MR) is 70.6 cm³/mol. The quantitative estimate of drug-likeness (QED) is 0.869. The minimum Gasteiger partial charge on any atom is -0.330 e. The van der Waals surface area contributed by atoms with Crippen LogP contribution in [0.15, 0.2) is 6.07 Å². The van der Waals surface area contributed by atoms with Crippen molar-refractivity contribution in [3.63, 3.8) is 0 Å². The van der Waals surface area contributed by atoms with Crippen molar-refractivity contribution in [1.29, 1.82) is 0 Å². The fraction of sp³-hybridized carbons (Fsp3) is 0.462. The van der Waals surface area contributed by atoms with Gasteiger partial charge in [-0.1, -0.05) is 24.6 Å². The third kappa shape index (κ3) is 1.94. The molecule has 1 amide bonds. The van der Waals surface area contributed by atoms with E-state index in [-0.39, 0.29) is 11.8 Å². The summed E-state index contributed by atoms with van der Waals surface area (Å²) in [7, 11) is 0. The summed E-state index contributed by atoms with van der Waals surface area (Å²) in [6, 6.07) is 2.03. The molecule has 3 nitrogen and oxygen atoms in total. The molecule has 0 fully saturated rings. The molecule has 0 radical (unpaired) electrons. The number of nitrogens with one attached hydrogen (secondary N) is 1. The number of carbonyl (C=O) groups excluding carboxylic acids is 1. The molecule has 17 heavy (non-hydrogen) atoms. The molecular formula is C13H17ClN2O. The first-order valence-electron chi connectivity index (χ1n) is 5.92. The van der Waals surface area contributed by atoms with Gasteiger partial charge in [-0.05, 0) is 43.0 Å². The van der Waals surface area contributed by atoms with Gasteiger partial charge in [0.25, 0.3) is 0 Å². The number of hydrogen-bond donors (Lipinski definition) is 2. The van der Waals surface area contributed by atoms with E-state index >= 15 is 0 Å². The highest BCUT2D eigenvalue weighted by Gasteiger charge is 2.31. The van der Waals surface area contributed by atoms with E-state index < -0.39 is 0 Å². The largest absolute Gasteiger partial charge is 0.330 e. The highest BCUT2D eigenvalue weighted by molar-refractivity contribution is 6.33. The Balaban J connectivity index is 2.56. The van der Waals surface area contributed by atoms with Crippen LogP contribution in [0.3, 0.4) is 0 Å². The molecule has 1 heterocycles. The lowest BCUT2D eigenvalue weighted by molar-refractivity contribution is -0.117. The molecule has 0 spiro atoms. The molecule has 92 valence electrons. The molecule has 0 bridgehead atoms. The summed E-state index contributed by atoms with van der Waals surface area (Å²) < 4.78 is 0. The summed E-state index contributed by atoms with van der Waals surface area (Å²) in [5.41, 5.74) is 9.54. The molecule has 1 unspecified atom stereocenters. The first-order valence-corrected chi connectivity index (χ1v) is 6.30. The van der Waals surface area contributed by atoms with Crippen molar-refractivity contribution in [2.24, 2.45) is 5.73 Å². The predicted octanol–water partition coefficient (Wildman–Crippen LogP) is 2.60. The summed E-state index contributed by atoms with van der Waals surface area (Å²) in [5.74, 6) is 0.0315. The Morgan fingerprint density at radius 2 is 2.24 bits per heavy atom. The Kier molecular flexibility index (Phi) is 3.40. The van der Waals surface area contributed by atoms with E-state index in [1.807, 2.05) is 19.9 Å². The zero-order valence-corrected chi connectivity index (χ0v) is 10.9. The number of carbonyl (C=O) groups is 1. The molecule has 1 aliphatic heterocycles. The molecule has 2 rings (SSSR count). The standard InChI is InChI=1S/C13H17ClN2O/c1-3-9-10-6-8(4-5-15)11(14)7(2)12(10)16-13(9)17/h6,9H,3-5,15H2,1-2H3,(H,16,17). The average molecular weight is 253 g/mol. The highest BCUT2D eigenvalue weighted by atomic mass is 35.5. The number of rotatable bonds is 3. The number of halogens is 1. The summed E-state index contributed by atoms with van der Waals surface area (Å²) in [6.45, 7) is 4.53. The summed E-state index contributed by atoms with van der Waals surface area (Å²) in [6.07, 6.45) is 1.56. The number of anilines is 1. The van der Waals surface area contributed by atoms with Crippen molar-refractivity contribution in [3.05, 3.63) is 27.8 Å². The molecule has 4 heteroatoms. The second kappa shape index (κ2) is 4.67. The molecule has 0 saturated carbocycles. The van der Waals surface area contributed by atoms with E-state index in [4.69, 9.17) is 17.3 Å². The minimum absolute atomic E-state index is 0.0440. The fourth-order valence-corrected chi connectivity index (χ4v) is 2.67. The van der Waals surface area contributed by atoms with Gasteiger partial charge < -0.3 is 11.1 Å². The Morgan fingerprint density at radius 1 is 1.53 bits per heavy atom. The zero-order valence-electron chi connectivity index (χ0n) is 10.1. The third-order valence-corrected chi connectivity index (χ3v) is 3.89. The van der Waals surface area contributed by atoms with Crippen molar-refractivity contribution < 1.29 is 4.79 Å². The van der Waals surface area contributed by atoms with E-state index in [1.165, 1.54) is 0 Å². The summed E-state index contributed by atoms with van der Waals surface area (Å²) >= 11 is 6.29. The molecule has 1 atom stereocenters. The maximum atomic E-state index is 11.8. The normalized spacial score (nSPS) is 18.1. The van der Waals surface area contributed by atoms with Gasteiger partial charge in [-0.2, -0.15) is 0 Å². The Hall–Kier alpha value is -1.06. The van der Waals surface area contributed by atoms with Crippen molar-refractivity contribution in [2.45, 2.75) is 32.6 Å². The van der Waals surface area contributed by atoms with E-state index in [0.29, 0.717) is 6.54 Å². The lowest BCUT2D eigenvalue weighted by atomic mass is 9.93.